The van der Waals surface area contributed by atoms with Gasteiger partial charge in [-0.05, 0) is 25.0 Å². The smallest absolute Gasteiger partial charge is 0.221 e. The summed E-state index contributed by atoms with van der Waals surface area (Å²) in [5.41, 5.74) is 1.00. The topological polar surface area (TPSA) is 54.0 Å². The van der Waals surface area contributed by atoms with Crippen molar-refractivity contribution in [2.45, 2.75) is 33.2 Å². The fourth-order valence-electron chi connectivity index (χ4n) is 1.55. The van der Waals surface area contributed by atoms with Crippen molar-refractivity contribution >= 4 is 5.91 Å². The quantitative estimate of drug-likeness (QED) is 0.776. The van der Waals surface area contributed by atoms with Crippen LogP contribution in [0.15, 0.2) is 24.4 Å². The maximum atomic E-state index is 11.5. The van der Waals surface area contributed by atoms with Crippen LogP contribution in [-0.4, -0.2) is 24.0 Å². The van der Waals surface area contributed by atoms with E-state index >= 15 is 0 Å². The molecule has 4 heteroatoms. The van der Waals surface area contributed by atoms with Gasteiger partial charge < -0.3 is 10.6 Å². The predicted octanol–water partition coefficient (Wildman–Crippen LogP) is 1.89. The molecular weight excluding hydrogens is 226 g/mol. The van der Waals surface area contributed by atoms with Crippen LogP contribution in [0.4, 0.5) is 0 Å². The lowest BCUT2D eigenvalue weighted by Gasteiger charge is -2.13. The Balaban J connectivity index is 2.19. The van der Waals surface area contributed by atoms with Crippen molar-refractivity contribution in [1.29, 1.82) is 0 Å². The van der Waals surface area contributed by atoms with Crippen molar-refractivity contribution in [1.82, 2.24) is 15.6 Å². The summed E-state index contributed by atoms with van der Waals surface area (Å²) < 4.78 is 0. The zero-order valence-corrected chi connectivity index (χ0v) is 11.4. The molecule has 1 amide bonds. The predicted molar refractivity (Wildman–Crippen MR) is 73.1 cm³/mol. The van der Waals surface area contributed by atoms with Crippen LogP contribution in [-0.2, 0) is 4.79 Å². The standard InChI is InChI=1S/C14H23N3O/c1-11(2)10-17-14(18)7-9-15-12(3)13-6-4-5-8-16-13/h4-6,8,11-12,15H,7,9-10H2,1-3H3,(H,17,18). The van der Waals surface area contributed by atoms with Crippen LogP contribution < -0.4 is 10.6 Å². The molecule has 0 aromatic carbocycles. The van der Waals surface area contributed by atoms with E-state index in [2.05, 4.69) is 29.5 Å². The van der Waals surface area contributed by atoms with Crippen molar-refractivity contribution in [3.63, 3.8) is 0 Å². The molecule has 1 atom stereocenters. The number of rotatable bonds is 7. The highest BCUT2D eigenvalue weighted by atomic mass is 16.1. The van der Waals surface area contributed by atoms with Crippen molar-refractivity contribution in [3.05, 3.63) is 30.1 Å². The second-order valence-corrected chi connectivity index (χ2v) is 4.88. The van der Waals surface area contributed by atoms with Gasteiger partial charge in [0.15, 0.2) is 0 Å². The molecule has 0 radical (unpaired) electrons. The maximum absolute atomic E-state index is 11.5. The largest absolute Gasteiger partial charge is 0.356 e. The highest BCUT2D eigenvalue weighted by Gasteiger charge is 2.06. The van der Waals surface area contributed by atoms with E-state index in [1.54, 1.807) is 6.20 Å². The van der Waals surface area contributed by atoms with Crippen molar-refractivity contribution in [2.24, 2.45) is 5.92 Å². The zero-order chi connectivity index (χ0) is 13.4. The molecule has 0 aliphatic carbocycles. The van der Waals surface area contributed by atoms with E-state index in [-0.39, 0.29) is 11.9 Å². The van der Waals surface area contributed by atoms with Gasteiger partial charge in [0, 0.05) is 31.7 Å². The summed E-state index contributed by atoms with van der Waals surface area (Å²) in [7, 11) is 0. The van der Waals surface area contributed by atoms with Crippen LogP contribution in [0, 0.1) is 5.92 Å². The van der Waals surface area contributed by atoms with Gasteiger partial charge in [-0.1, -0.05) is 19.9 Å². The highest BCUT2D eigenvalue weighted by Crippen LogP contribution is 2.07. The first-order chi connectivity index (χ1) is 8.59. The van der Waals surface area contributed by atoms with Crippen LogP contribution in [0.1, 0.15) is 38.9 Å². The third-order valence-corrected chi connectivity index (χ3v) is 2.64. The monoisotopic (exact) mass is 249 g/mol. The molecule has 0 saturated heterocycles. The molecule has 0 aliphatic rings. The van der Waals surface area contributed by atoms with Crippen LogP contribution in [0.5, 0.6) is 0 Å². The molecule has 0 bridgehead atoms. The van der Waals surface area contributed by atoms with E-state index in [9.17, 15) is 4.79 Å². The SMILES string of the molecule is CC(C)CNC(=O)CCNC(C)c1ccccn1. The molecule has 0 fully saturated rings. The van der Waals surface area contributed by atoms with Crippen LogP contribution >= 0.6 is 0 Å². The van der Waals surface area contributed by atoms with Crippen LogP contribution in [0.25, 0.3) is 0 Å². The van der Waals surface area contributed by atoms with Gasteiger partial charge in [0.2, 0.25) is 5.91 Å². The van der Waals surface area contributed by atoms with Crippen molar-refractivity contribution in [3.8, 4) is 0 Å². The third-order valence-electron chi connectivity index (χ3n) is 2.64. The summed E-state index contributed by atoms with van der Waals surface area (Å²) in [6.45, 7) is 7.63. The molecule has 100 valence electrons. The number of hydrogen-bond acceptors (Lipinski definition) is 3. The van der Waals surface area contributed by atoms with E-state index < -0.39 is 0 Å². The Morgan fingerprint density at radius 1 is 1.33 bits per heavy atom. The van der Waals surface area contributed by atoms with E-state index in [4.69, 9.17) is 0 Å². The second-order valence-electron chi connectivity index (χ2n) is 4.88. The maximum Gasteiger partial charge on any atom is 0.221 e. The van der Waals surface area contributed by atoms with Gasteiger partial charge in [-0.3, -0.25) is 9.78 Å². The van der Waals surface area contributed by atoms with E-state index in [0.29, 0.717) is 18.9 Å². The molecule has 1 heterocycles. The van der Waals surface area contributed by atoms with Crippen LogP contribution in [0.2, 0.25) is 0 Å². The number of carbonyl (C=O) groups is 1. The molecular formula is C14H23N3O. The van der Waals surface area contributed by atoms with E-state index in [0.717, 1.165) is 12.2 Å². The number of nitrogens with one attached hydrogen (secondary N) is 2. The van der Waals surface area contributed by atoms with E-state index in [1.807, 2.05) is 25.1 Å². The molecule has 1 rings (SSSR count). The minimum absolute atomic E-state index is 0.101. The lowest BCUT2D eigenvalue weighted by Crippen LogP contribution is -2.31. The highest BCUT2D eigenvalue weighted by molar-refractivity contribution is 5.76. The lowest BCUT2D eigenvalue weighted by atomic mass is 10.2. The van der Waals surface area contributed by atoms with Gasteiger partial charge in [0.25, 0.3) is 0 Å². The average molecular weight is 249 g/mol. The Labute approximate surface area is 109 Å². The number of amides is 1. The summed E-state index contributed by atoms with van der Waals surface area (Å²) in [6, 6.07) is 6.02. The Hall–Kier alpha value is -1.42. The summed E-state index contributed by atoms with van der Waals surface area (Å²) in [5.74, 6) is 0.596. The number of nitrogens with zero attached hydrogens (tertiary/aromatic N) is 1. The third kappa shape index (κ3) is 5.77. The Bertz CT molecular complexity index is 351. The fourth-order valence-corrected chi connectivity index (χ4v) is 1.55. The first-order valence-corrected chi connectivity index (χ1v) is 6.50. The summed E-state index contributed by atoms with van der Waals surface area (Å²) in [5, 5.41) is 6.20. The van der Waals surface area contributed by atoms with Crippen molar-refractivity contribution in [2.75, 3.05) is 13.1 Å². The first-order valence-electron chi connectivity index (χ1n) is 6.50. The normalized spacial score (nSPS) is 12.4. The molecule has 1 aromatic rings. The van der Waals surface area contributed by atoms with Gasteiger partial charge in [0.05, 0.1) is 5.69 Å². The average Bonchev–Trinajstić information content (AvgIpc) is 2.37. The molecule has 0 aliphatic heterocycles. The zero-order valence-electron chi connectivity index (χ0n) is 11.4. The van der Waals surface area contributed by atoms with Gasteiger partial charge in [-0.15, -0.1) is 0 Å². The van der Waals surface area contributed by atoms with Crippen LogP contribution in [0.3, 0.4) is 0 Å². The number of aromatic nitrogens is 1. The molecule has 4 nitrogen and oxygen atoms in total. The Morgan fingerprint density at radius 2 is 2.11 bits per heavy atom. The van der Waals surface area contributed by atoms with Gasteiger partial charge in [-0.25, -0.2) is 0 Å². The lowest BCUT2D eigenvalue weighted by molar-refractivity contribution is -0.121. The second kappa shape index (κ2) is 7.82. The van der Waals surface area contributed by atoms with Gasteiger partial charge in [-0.2, -0.15) is 0 Å². The number of hydrogen-bond donors (Lipinski definition) is 2. The molecule has 0 spiro atoms. The molecule has 1 unspecified atom stereocenters. The number of pyridine rings is 1. The molecule has 0 saturated carbocycles. The molecule has 2 N–H and O–H groups in total. The minimum Gasteiger partial charge on any atom is -0.356 e. The molecule has 1 aromatic heterocycles. The van der Waals surface area contributed by atoms with Gasteiger partial charge >= 0.3 is 0 Å². The Kier molecular flexibility index (Phi) is 6.36. The minimum atomic E-state index is 0.101. The number of carbonyl (C=O) groups excluding carboxylic acids is 1. The van der Waals surface area contributed by atoms with E-state index in [1.165, 1.54) is 0 Å². The Morgan fingerprint density at radius 3 is 2.72 bits per heavy atom. The summed E-state index contributed by atoms with van der Waals surface area (Å²) in [6.07, 6.45) is 2.28. The van der Waals surface area contributed by atoms with Crippen molar-refractivity contribution < 1.29 is 4.79 Å². The summed E-state index contributed by atoms with van der Waals surface area (Å²) in [4.78, 5) is 15.8. The summed E-state index contributed by atoms with van der Waals surface area (Å²) >= 11 is 0. The fraction of sp³-hybridized carbons (Fsp3) is 0.571. The van der Waals surface area contributed by atoms with Gasteiger partial charge in [0.1, 0.15) is 0 Å². The first kappa shape index (κ1) is 14.6. The molecule has 18 heavy (non-hydrogen) atoms.